The van der Waals surface area contributed by atoms with Crippen molar-refractivity contribution in [2.75, 3.05) is 19.1 Å². The number of aromatic amines is 1. The fraction of sp³-hybridized carbons (Fsp3) is 0.273. The smallest absolute Gasteiger partial charge is 0.214 e. The molecule has 1 heterocycles. The van der Waals surface area contributed by atoms with Crippen LogP contribution in [0.5, 0.6) is 0 Å². The predicted octanol–water partition coefficient (Wildman–Crippen LogP) is 1.73. The molecule has 0 aliphatic heterocycles. The van der Waals surface area contributed by atoms with Crippen LogP contribution >= 0.6 is 12.2 Å². The summed E-state index contributed by atoms with van der Waals surface area (Å²) in [5.41, 5.74) is 1.22. The van der Waals surface area contributed by atoms with E-state index in [1.807, 2.05) is 42.0 Å². The molecule has 1 N–H and O–H groups in total. The summed E-state index contributed by atoms with van der Waals surface area (Å²) in [6.07, 6.45) is 0.770. The predicted molar refractivity (Wildman–Crippen MR) is 66.7 cm³/mol. The first-order chi connectivity index (χ1) is 7.68. The summed E-state index contributed by atoms with van der Waals surface area (Å²) in [5.74, 6) is 0.918. The van der Waals surface area contributed by atoms with Crippen LogP contribution in [0.25, 0.3) is 0 Å². The van der Waals surface area contributed by atoms with Gasteiger partial charge in [-0.2, -0.15) is 5.10 Å². The molecular weight excluding hydrogens is 220 g/mol. The summed E-state index contributed by atoms with van der Waals surface area (Å²) in [6.45, 7) is 0. The summed E-state index contributed by atoms with van der Waals surface area (Å²) in [4.78, 5) is 0. The molecule has 84 valence electrons. The third-order valence-electron chi connectivity index (χ3n) is 2.32. The van der Waals surface area contributed by atoms with Gasteiger partial charge in [0.2, 0.25) is 4.77 Å². The van der Waals surface area contributed by atoms with E-state index in [2.05, 4.69) is 22.3 Å². The largest absolute Gasteiger partial charge is 0.315 e. The lowest BCUT2D eigenvalue weighted by molar-refractivity contribution is 0.680. The summed E-state index contributed by atoms with van der Waals surface area (Å²) in [5, 5.41) is 8.97. The van der Waals surface area contributed by atoms with Gasteiger partial charge in [0.15, 0.2) is 5.82 Å². The van der Waals surface area contributed by atoms with E-state index in [1.54, 1.807) is 0 Å². The minimum Gasteiger partial charge on any atom is -0.315 e. The van der Waals surface area contributed by atoms with Crippen LogP contribution in [0.4, 0.5) is 0 Å². The van der Waals surface area contributed by atoms with Crippen molar-refractivity contribution in [3.63, 3.8) is 0 Å². The van der Waals surface area contributed by atoms with Gasteiger partial charge < -0.3 is 5.01 Å². The molecule has 0 unspecified atom stereocenters. The molecule has 0 radical (unpaired) electrons. The zero-order valence-electron chi connectivity index (χ0n) is 9.34. The lowest BCUT2D eigenvalue weighted by Gasteiger charge is -2.15. The number of hydrogen-bond donors (Lipinski definition) is 1. The van der Waals surface area contributed by atoms with Crippen molar-refractivity contribution in [3.8, 4) is 0 Å². The van der Waals surface area contributed by atoms with Gasteiger partial charge in [0.1, 0.15) is 0 Å². The number of nitrogens with one attached hydrogen (secondary N) is 1. The third kappa shape index (κ3) is 2.14. The second-order valence-electron chi connectivity index (χ2n) is 3.77. The molecular formula is C11H14N4S. The molecule has 2 rings (SSSR count). The normalized spacial score (nSPS) is 10.4. The Morgan fingerprint density at radius 3 is 2.62 bits per heavy atom. The molecule has 4 nitrogen and oxygen atoms in total. The van der Waals surface area contributed by atoms with Gasteiger partial charge in [0.05, 0.1) is 0 Å². The zero-order chi connectivity index (χ0) is 11.5. The Morgan fingerprint density at radius 2 is 2.00 bits per heavy atom. The number of H-pyrrole nitrogens is 1. The molecule has 1 aromatic carbocycles. The molecule has 0 fully saturated rings. The van der Waals surface area contributed by atoms with Gasteiger partial charge in [-0.3, -0.25) is 5.10 Å². The van der Waals surface area contributed by atoms with E-state index in [0.29, 0.717) is 4.77 Å². The van der Waals surface area contributed by atoms with Crippen molar-refractivity contribution in [3.05, 3.63) is 46.5 Å². The number of benzene rings is 1. The van der Waals surface area contributed by atoms with Crippen LogP contribution in [-0.4, -0.2) is 29.0 Å². The Balaban J connectivity index is 2.32. The van der Waals surface area contributed by atoms with Crippen molar-refractivity contribution in [2.24, 2.45) is 0 Å². The summed E-state index contributed by atoms with van der Waals surface area (Å²) in [7, 11) is 3.89. The second kappa shape index (κ2) is 4.49. The first-order valence-electron chi connectivity index (χ1n) is 5.06. The molecule has 0 aliphatic rings. The highest BCUT2D eigenvalue weighted by Gasteiger charge is 2.07. The van der Waals surface area contributed by atoms with E-state index in [9.17, 15) is 0 Å². The molecule has 0 aliphatic carbocycles. The van der Waals surface area contributed by atoms with Crippen molar-refractivity contribution < 1.29 is 0 Å². The first-order valence-corrected chi connectivity index (χ1v) is 5.47. The molecule has 2 aromatic rings. The van der Waals surface area contributed by atoms with Gasteiger partial charge in [-0.15, -0.1) is 0 Å². The molecule has 0 bridgehead atoms. The van der Waals surface area contributed by atoms with E-state index < -0.39 is 0 Å². The average molecular weight is 234 g/mol. The SMILES string of the molecule is CN(C)n1c(Cc2ccccc2)n[nH]c1=S. The Morgan fingerprint density at radius 1 is 1.31 bits per heavy atom. The maximum atomic E-state index is 5.17. The third-order valence-corrected chi connectivity index (χ3v) is 2.59. The lowest BCUT2D eigenvalue weighted by atomic mass is 10.1. The monoisotopic (exact) mass is 234 g/mol. The van der Waals surface area contributed by atoms with Crippen LogP contribution in [0, 0.1) is 4.77 Å². The Hall–Kier alpha value is -1.62. The van der Waals surface area contributed by atoms with Gasteiger partial charge in [-0.25, -0.2) is 4.68 Å². The van der Waals surface area contributed by atoms with E-state index >= 15 is 0 Å². The number of aromatic nitrogens is 3. The van der Waals surface area contributed by atoms with Crippen LogP contribution in [-0.2, 0) is 6.42 Å². The highest BCUT2D eigenvalue weighted by molar-refractivity contribution is 7.71. The van der Waals surface area contributed by atoms with Crippen molar-refractivity contribution in [1.82, 2.24) is 14.9 Å². The molecule has 5 heteroatoms. The summed E-state index contributed by atoms with van der Waals surface area (Å²) in [6, 6.07) is 10.2. The van der Waals surface area contributed by atoms with Crippen LogP contribution in [0.15, 0.2) is 30.3 Å². The standard InChI is InChI=1S/C11H14N4S/c1-14(2)15-10(12-13-11(15)16)8-9-6-4-3-5-7-9/h3-7H,8H2,1-2H3,(H,13,16). The molecule has 0 saturated heterocycles. The summed E-state index contributed by atoms with van der Waals surface area (Å²) >= 11 is 5.17. The Labute approximate surface area is 99.5 Å². The maximum absolute atomic E-state index is 5.17. The van der Waals surface area contributed by atoms with E-state index in [-0.39, 0.29) is 0 Å². The van der Waals surface area contributed by atoms with Crippen molar-refractivity contribution in [1.29, 1.82) is 0 Å². The van der Waals surface area contributed by atoms with Gasteiger partial charge in [-0.05, 0) is 17.8 Å². The number of nitrogens with zero attached hydrogens (tertiary/aromatic N) is 3. The fourth-order valence-corrected chi connectivity index (χ4v) is 1.94. The molecule has 0 spiro atoms. The van der Waals surface area contributed by atoms with E-state index in [4.69, 9.17) is 12.2 Å². The van der Waals surface area contributed by atoms with Crippen LogP contribution in [0.3, 0.4) is 0 Å². The van der Waals surface area contributed by atoms with E-state index in [0.717, 1.165) is 12.2 Å². The Bertz CT molecular complexity index is 512. The molecule has 1 aromatic heterocycles. The van der Waals surface area contributed by atoms with Gasteiger partial charge in [-0.1, -0.05) is 30.3 Å². The first kappa shape index (κ1) is 10.9. The minimum atomic E-state index is 0.621. The minimum absolute atomic E-state index is 0.621. The molecule has 0 saturated carbocycles. The topological polar surface area (TPSA) is 36.9 Å². The molecule has 0 amide bonds. The average Bonchev–Trinajstić information content (AvgIpc) is 2.61. The van der Waals surface area contributed by atoms with Crippen LogP contribution in [0.2, 0.25) is 0 Å². The van der Waals surface area contributed by atoms with E-state index in [1.165, 1.54) is 5.56 Å². The lowest BCUT2D eigenvalue weighted by Crippen LogP contribution is -2.27. The summed E-state index contributed by atoms with van der Waals surface area (Å²) < 4.78 is 2.51. The molecule has 0 atom stereocenters. The Kier molecular flexibility index (Phi) is 3.05. The number of rotatable bonds is 3. The highest BCUT2D eigenvalue weighted by atomic mass is 32.1. The second-order valence-corrected chi connectivity index (χ2v) is 4.15. The molecule has 16 heavy (non-hydrogen) atoms. The highest BCUT2D eigenvalue weighted by Crippen LogP contribution is 2.07. The quantitative estimate of drug-likeness (QED) is 0.822. The van der Waals surface area contributed by atoms with Gasteiger partial charge >= 0.3 is 0 Å². The van der Waals surface area contributed by atoms with Crippen molar-refractivity contribution in [2.45, 2.75) is 6.42 Å². The maximum Gasteiger partial charge on any atom is 0.214 e. The van der Waals surface area contributed by atoms with Crippen molar-refractivity contribution >= 4 is 12.2 Å². The fourth-order valence-electron chi connectivity index (χ4n) is 1.63. The number of hydrogen-bond acceptors (Lipinski definition) is 3. The van der Waals surface area contributed by atoms with Crippen LogP contribution in [0.1, 0.15) is 11.4 Å². The zero-order valence-corrected chi connectivity index (χ0v) is 10.2. The van der Waals surface area contributed by atoms with Gasteiger partial charge in [0, 0.05) is 20.5 Å². The van der Waals surface area contributed by atoms with Gasteiger partial charge in [0.25, 0.3) is 0 Å². The van der Waals surface area contributed by atoms with Crippen LogP contribution < -0.4 is 5.01 Å².